The molecule has 0 atom stereocenters. The largest absolute Gasteiger partial charge is 0.347 e. The van der Waals surface area contributed by atoms with E-state index in [1.165, 1.54) is 6.92 Å². The van der Waals surface area contributed by atoms with Gasteiger partial charge in [0, 0.05) is 16.2 Å². The van der Waals surface area contributed by atoms with Gasteiger partial charge in [0.15, 0.2) is 0 Å². The highest BCUT2D eigenvalue weighted by Crippen LogP contribution is 2.35. The molecule has 4 nitrogen and oxygen atoms in total. The molecular weight excluding hydrogens is 293 g/mol. The lowest BCUT2D eigenvalue weighted by atomic mass is 10.1. The van der Waals surface area contributed by atoms with Gasteiger partial charge in [-0.25, -0.2) is 12.8 Å². The first-order valence-electron chi connectivity index (χ1n) is 5.70. The Hall–Kier alpha value is -1.14. The molecule has 1 aliphatic carbocycles. The maximum Gasteiger partial charge on any atom is 0.261 e. The summed E-state index contributed by atoms with van der Waals surface area (Å²) in [4.78, 5) is 11.7. The Morgan fingerprint density at radius 3 is 2.47 bits per heavy atom. The van der Waals surface area contributed by atoms with Crippen molar-refractivity contribution in [3.05, 3.63) is 29.1 Å². The van der Waals surface area contributed by atoms with Crippen LogP contribution in [-0.4, -0.2) is 19.9 Å². The van der Waals surface area contributed by atoms with Crippen molar-refractivity contribution in [2.75, 3.05) is 0 Å². The topological polar surface area (TPSA) is 63.2 Å². The Labute approximate surface area is 115 Å². The number of nitrogens with one attached hydrogen (secondary N) is 1. The van der Waals surface area contributed by atoms with Crippen LogP contribution in [0.3, 0.4) is 0 Å². The van der Waals surface area contributed by atoms with Crippen molar-refractivity contribution in [3.63, 3.8) is 0 Å². The molecule has 7 heteroatoms. The highest BCUT2D eigenvalue weighted by molar-refractivity contribution is 8.13. The average molecular weight is 306 g/mol. The fourth-order valence-corrected chi connectivity index (χ4v) is 2.94. The number of carbonyl (C=O) groups excluding carboxylic acids is 1. The summed E-state index contributed by atoms with van der Waals surface area (Å²) in [6.45, 7) is 3.26. The van der Waals surface area contributed by atoms with Crippen molar-refractivity contribution in [2.24, 2.45) is 0 Å². The van der Waals surface area contributed by atoms with Gasteiger partial charge in [-0.05, 0) is 44.4 Å². The maximum absolute atomic E-state index is 13.8. The Morgan fingerprint density at radius 2 is 2.00 bits per heavy atom. The van der Waals surface area contributed by atoms with Crippen LogP contribution in [0.15, 0.2) is 17.0 Å². The van der Waals surface area contributed by atoms with Gasteiger partial charge in [-0.1, -0.05) is 0 Å². The summed E-state index contributed by atoms with van der Waals surface area (Å²) in [6.07, 6.45) is 1.65. The minimum Gasteiger partial charge on any atom is -0.347 e. The molecule has 104 valence electrons. The maximum atomic E-state index is 13.8. The molecule has 0 radical (unpaired) electrons. The van der Waals surface area contributed by atoms with Crippen LogP contribution in [0.25, 0.3) is 0 Å². The van der Waals surface area contributed by atoms with E-state index in [0.717, 1.165) is 25.0 Å². The first kappa shape index (κ1) is 14.3. The van der Waals surface area contributed by atoms with Gasteiger partial charge in [-0.15, -0.1) is 0 Å². The van der Waals surface area contributed by atoms with Gasteiger partial charge in [0.05, 0.1) is 10.5 Å². The first-order chi connectivity index (χ1) is 8.62. The fourth-order valence-electron chi connectivity index (χ4n) is 1.74. The summed E-state index contributed by atoms with van der Waals surface area (Å²) in [5.74, 6) is -1.39. The van der Waals surface area contributed by atoms with Gasteiger partial charge < -0.3 is 5.32 Å². The summed E-state index contributed by atoms with van der Waals surface area (Å²) in [5, 5.41) is 2.67. The molecule has 0 saturated heterocycles. The zero-order valence-corrected chi connectivity index (χ0v) is 12.0. The third-order valence-corrected chi connectivity index (χ3v) is 4.65. The molecule has 1 aromatic rings. The van der Waals surface area contributed by atoms with Crippen molar-refractivity contribution in [3.8, 4) is 0 Å². The van der Waals surface area contributed by atoms with Crippen LogP contribution >= 0.6 is 10.7 Å². The van der Waals surface area contributed by atoms with E-state index in [4.69, 9.17) is 10.7 Å². The van der Waals surface area contributed by atoms with E-state index in [0.29, 0.717) is 0 Å². The predicted molar refractivity (Wildman–Crippen MR) is 69.3 cm³/mol. The second kappa shape index (κ2) is 4.45. The van der Waals surface area contributed by atoms with Crippen LogP contribution in [0.4, 0.5) is 4.39 Å². The number of carbonyl (C=O) groups is 1. The fraction of sp³-hybridized carbons (Fsp3) is 0.417. The minimum atomic E-state index is -4.01. The minimum absolute atomic E-state index is 0.168. The molecule has 1 N–H and O–H groups in total. The molecule has 2 rings (SSSR count). The molecule has 1 aliphatic rings. The normalized spacial score (nSPS) is 17.1. The van der Waals surface area contributed by atoms with E-state index in [9.17, 15) is 17.6 Å². The van der Waals surface area contributed by atoms with Crippen LogP contribution in [0.2, 0.25) is 0 Å². The van der Waals surface area contributed by atoms with Gasteiger partial charge in [-0.3, -0.25) is 4.79 Å². The van der Waals surface area contributed by atoms with Crippen molar-refractivity contribution < 1.29 is 17.6 Å². The first-order valence-corrected chi connectivity index (χ1v) is 8.01. The second-order valence-corrected chi connectivity index (χ2v) is 7.58. The third-order valence-electron chi connectivity index (χ3n) is 3.19. The zero-order chi connectivity index (χ0) is 14.4. The lowest BCUT2D eigenvalue weighted by Crippen LogP contribution is -2.34. The highest BCUT2D eigenvalue weighted by Gasteiger charge is 2.39. The molecule has 0 unspecified atom stereocenters. The molecular formula is C12H13ClFNO3S. The third kappa shape index (κ3) is 3.06. The lowest BCUT2D eigenvalue weighted by molar-refractivity contribution is 0.0931. The molecule has 1 amide bonds. The summed E-state index contributed by atoms with van der Waals surface area (Å²) in [7, 11) is 1.25. The number of halogens is 2. The van der Waals surface area contributed by atoms with Crippen LogP contribution in [-0.2, 0) is 9.05 Å². The molecule has 0 spiro atoms. The molecule has 0 heterocycles. The van der Waals surface area contributed by atoms with E-state index in [1.807, 2.05) is 6.92 Å². The van der Waals surface area contributed by atoms with Gasteiger partial charge in [0.25, 0.3) is 15.0 Å². The molecule has 19 heavy (non-hydrogen) atoms. The molecule has 0 bridgehead atoms. The number of hydrogen-bond acceptors (Lipinski definition) is 3. The van der Waals surface area contributed by atoms with E-state index in [1.54, 1.807) is 0 Å². The average Bonchev–Trinajstić information content (AvgIpc) is 2.93. The number of aryl methyl sites for hydroxylation is 1. The molecule has 0 aromatic heterocycles. The van der Waals surface area contributed by atoms with Crippen molar-refractivity contribution >= 4 is 25.6 Å². The van der Waals surface area contributed by atoms with Crippen molar-refractivity contribution in [2.45, 2.75) is 37.1 Å². The number of benzene rings is 1. The van der Waals surface area contributed by atoms with Crippen LogP contribution in [0.5, 0.6) is 0 Å². The molecule has 0 aliphatic heterocycles. The number of rotatable bonds is 3. The van der Waals surface area contributed by atoms with E-state index in [-0.39, 0.29) is 21.6 Å². The van der Waals surface area contributed by atoms with Crippen molar-refractivity contribution in [1.82, 2.24) is 5.32 Å². The van der Waals surface area contributed by atoms with Gasteiger partial charge in [0.2, 0.25) is 0 Å². The highest BCUT2D eigenvalue weighted by atomic mass is 35.7. The van der Waals surface area contributed by atoms with Gasteiger partial charge in [0.1, 0.15) is 5.82 Å². The van der Waals surface area contributed by atoms with E-state index < -0.39 is 20.8 Å². The van der Waals surface area contributed by atoms with Crippen LogP contribution < -0.4 is 5.32 Å². The van der Waals surface area contributed by atoms with Crippen LogP contribution in [0.1, 0.15) is 35.7 Å². The molecule has 1 aromatic carbocycles. The van der Waals surface area contributed by atoms with Crippen molar-refractivity contribution in [1.29, 1.82) is 0 Å². The Bertz CT molecular complexity index is 653. The van der Waals surface area contributed by atoms with Crippen LogP contribution in [0, 0.1) is 12.7 Å². The molecule has 1 fully saturated rings. The Morgan fingerprint density at radius 1 is 1.42 bits per heavy atom. The monoisotopic (exact) mass is 305 g/mol. The summed E-state index contributed by atoms with van der Waals surface area (Å²) in [5.41, 5.74) is -0.450. The lowest BCUT2D eigenvalue weighted by Gasteiger charge is -2.13. The SMILES string of the molecule is Cc1cc(F)c(C(=O)NC2(C)CC2)cc1S(=O)(=O)Cl. The second-order valence-electron chi connectivity index (χ2n) is 5.05. The van der Waals surface area contributed by atoms with E-state index >= 15 is 0 Å². The standard InChI is InChI=1S/C12H13ClFNO3S/c1-7-5-9(14)8(6-10(7)19(13,17)18)11(16)15-12(2)3-4-12/h5-6H,3-4H2,1-2H3,(H,15,16). The smallest absolute Gasteiger partial charge is 0.261 e. The Balaban J connectivity index is 2.43. The quantitative estimate of drug-likeness (QED) is 0.872. The summed E-state index contributed by atoms with van der Waals surface area (Å²) in [6, 6.07) is 1.98. The molecule has 1 saturated carbocycles. The number of hydrogen-bond donors (Lipinski definition) is 1. The summed E-state index contributed by atoms with van der Waals surface area (Å²) < 4.78 is 36.5. The summed E-state index contributed by atoms with van der Waals surface area (Å²) >= 11 is 0. The Kier molecular flexibility index (Phi) is 3.35. The predicted octanol–water partition coefficient (Wildman–Crippen LogP) is 2.34. The van der Waals surface area contributed by atoms with Gasteiger partial charge >= 0.3 is 0 Å². The number of amides is 1. The van der Waals surface area contributed by atoms with Gasteiger partial charge in [-0.2, -0.15) is 0 Å². The van der Waals surface area contributed by atoms with E-state index in [2.05, 4.69) is 5.32 Å². The zero-order valence-electron chi connectivity index (χ0n) is 10.5.